The lowest BCUT2D eigenvalue weighted by atomic mass is 9.85. The van der Waals surface area contributed by atoms with Crippen molar-refractivity contribution in [1.82, 2.24) is 9.97 Å². The Bertz CT molecular complexity index is 1640. The van der Waals surface area contributed by atoms with Crippen molar-refractivity contribution >= 4 is 44.6 Å². The number of hydrogen-bond donors (Lipinski definition) is 1. The van der Waals surface area contributed by atoms with Gasteiger partial charge in [-0.25, -0.2) is 18.7 Å². The number of allylic oxidation sites excluding steroid dienone is 2. The van der Waals surface area contributed by atoms with E-state index < -0.39 is 11.6 Å². The number of fused-ring (bicyclic) bond motifs is 3. The Balaban J connectivity index is 0.000000449. The maximum Gasteiger partial charge on any atom is 0.225 e. The maximum atomic E-state index is 16.7. The van der Waals surface area contributed by atoms with Crippen LogP contribution in [0.2, 0.25) is 0 Å². The molecule has 1 fully saturated rings. The molecule has 3 aromatic rings. The number of hydrogen-bond acceptors (Lipinski definition) is 8. The number of nitrogens with zero attached hydrogens (tertiary/aromatic N) is 4. The van der Waals surface area contributed by atoms with Crippen LogP contribution in [0.5, 0.6) is 0 Å². The van der Waals surface area contributed by atoms with E-state index in [1.165, 1.54) is 38.2 Å². The number of thiophene rings is 1. The van der Waals surface area contributed by atoms with E-state index in [1.807, 2.05) is 34.8 Å². The first-order valence-electron chi connectivity index (χ1n) is 17.5. The molecule has 7 nitrogen and oxygen atoms in total. The third-order valence-electron chi connectivity index (χ3n) is 8.87. The number of benzene rings is 1. The first-order valence-corrected chi connectivity index (χ1v) is 18.3. The van der Waals surface area contributed by atoms with Gasteiger partial charge >= 0.3 is 0 Å². The molecule has 0 radical (unpaired) electrons. The number of aromatic nitrogens is 2. The highest BCUT2D eigenvalue weighted by atomic mass is 32.1. The Kier molecular flexibility index (Phi) is 15.4. The Morgan fingerprint density at radius 3 is 2.42 bits per heavy atom. The fraction of sp³-hybridized carbons (Fsp3) is 0.553. The molecule has 0 amide bonds. The largest absolute Gasteiger partial charge is 0.389 e. The van der Waals surface area contributed by atoms with Gasteiger partial charge in [0.1, 0.15) is 22.4 Å². The second-order valence-electron chi connectivity index (χ2n) is 11.9. The van der Waals surface area contributed by atoms with Gasteiger partial charge in [0.25, 0.3) is 0 Å². The number of halogens is 2. The third-order valence-corrected chi connectivity index (χ3v) is 9.90. The zero-order valence-electron chi connectivity index (χ0n) is 30.1. The summed E-state index contributed by atoms with van der Waals surface area (Å²) in [4.78, 5) is 11.5. The molecule has 2 aliphatic heterocycles. The monoisotopic (exact) mass is 681 g/mol. The van der Waals surface area contributed by atoms with E-state index in [0.29, 0.717) is 52.7 Å². The smallest absolute Gasteiger partial charge is 0.225 e. The summed E-state index contributed by atoms with van der Waals surface area (Å²) in [5.74, 6) is -0.516. The molecule has 0 bridgehead atoms. The molecule has 48 heavy (non-hydrogen) atoms. The second kappa shape index (κ2) is 19.0. The van der Waals surface area contributed by atoms with Crippen LogP contribution >= 0.6 is 11.3 Å². The van der Waals surface area contributed by atoms with Gasteiger partial charge in [-0.15, -0.1) is 11.3 Å². The van der Waals surface area contributed by atoms with E-state index in [4.69, 9.17) is 15.2 Å². The number of rotatable bonds is 11. The van der Waals surface area contributed by atoms with Crippen molar-refractivity contribution in [2.45, 2.75) is 119 Å². The van der Waals surface area contributed by atoms with Crippen LogP contribution in [-0.2, 0) is 22.7 Å². The number of unbranched alkanes of at least 4 members (excludes halogenated alkanes) is 1. The lowest BCUT2D eigenvalue weighted by molar-refractivity contribution is 0.0854. The Morgan fingerprint density at radius 1 is 1.15 bits per heavy atom. The van der Waals surface area contributed by atoms with Crippen LogP contribution in [0.1, 0.15) is 133 Å². The lowest BCUT2D eigenvalue weighted by Gasteiger charge is -2.20. The molecule has 5 rings (SSSR count). The predicted octanol–water partition coefficient (Wildman–Crippen LogP) is 10.5. The Hall–Kier alpha value is -3.39. The van der Waals surface area contributed by atoms with E-state index in [2.05, 4.69) is 34.8 Å². The minimum atomic E-state index is -0.514. The first kappa shape index (κ1) is 39.1. The van der Waals surface area contributed by atoms with Crippen LogP contribution in [0.25, 0.3) is 22.3 Å². The number of nitrogen functional groups attached to an aromatic ring is 1. The number of methoxy groups -OCH3 is 1. The molecule has 1 atom stereocenters. The zero-order chi connectivity index (χ0) is 35.4. The van der Waals surface area contributed by atoms with Crippen LogP contribution in [-0.4, -0.2) is 36.3 Å². The first-order chi connectivity index (χ1) is 23.3. The van der Waals surface area contributed by atoms with Gasteiger partial charge in [-0.05, 0) is 62.7 Å². The fourth-order valence-electron chi connectivity index (χ4n) is 6.19. The highest BCUT2D eigenvalue weighted by molar-refractivity contribution is 7.17. The molecule has 0 aliphatic carbocycles. The van der Waals surface area contributed by atoms with Crippen LogP contribution < -0.4 is 10.6 Å². The lowest BCUT2D eigenvalue weighted by Crippen LogP contribution is -2.20. The summed E-state index contributed by atoms with van der Waals surface area (Å²) in [5.41, 5.74) is 9.97. The fourth-order valence-corrected chi connectivity index (χ4v) is 7.19. The van der Waals surface area contributed by atoms with E-state index in [1.54, 1.807) is 13.1 Å². The van der Waals surface area contributed by atoms with E-state index >= 15 is 8.78 Å². The molecule has 1 unspecified atom stereocenters. The molecule has 2 N–H and O–H groups in total. The minimum Gasteiger partial charge on any atom is -0.389 e. The van der Waals surface area contributed by atoms with Crippen LogP contribution in [0, 0.1) is 17.1 Å². The van der Waals surface area contributed by atoms with Crippen molar-refractivity contribution in [1.29, 1.82) is 5.26 Å². The van der Waals surface area contributed by atoms with Gasteiger partial charge in [0.05, 0.1) is 29.8 Å². The molecular weight excluding hydrogens is 629 g/mol. The van der Waals surface area contributed by atoms with Gasteiger partial charge < -0.3 is 20.1 Å². The normalized spacial score (nSPS) is 15.3. The molecule has 4 heterocycles. The molecule has 0 saturated carbocycles. The van der Waals surface area contributed by atoms with Crippen molar-refractivity contribution in [3.63, 3.8) is 0 Å². The predicted molar refractivity (Wildman–Crippen MR) is 196 cm³/mol. The number of nitriles is 1. The summed E-state index contributed by atoms with van der Waals surface area (Å²) in [6.07, 6.45) is 12.5. The van der Waals surface area contributed by atoms with Gasteiger partial charge in [-0.2, -0.15) is 5.26 Å². The summed E-state index contributed by atoms with van der Waals surface area (Å²) in [6, 6.07) is 2.13. The number of nitrogens with two attached hydrogens (primary N) is 1. The molecule has 0 spiro atoms. The summed E-state index contributed by atoms with van der Waals surface area (Å²) in [7, 11) is 1.82. The van der Waals surface area contributed by atoms with Gasteiger partial charge in [-0.3, -0.25) is 0 Å². The molecular formula is C38H53F2N5O2S. The van der Waals surface area contributed by atoms with Crippen LogP contribution in [0.3, 0.4) is 0 Å². The topological polar surface area (TPSA) is 97.3 Å². The van der Waals surface area contributed by atoms with Gasteiger partial charge in [0.2, 0.25) is 5.95 Å². The van der Waals surface area contributed by atoms with Crippen molar-refractivity contribution in [2.24, 2.45) is 0 Å². The average molecular weight is 682 g/mol. The SMILES string of the molecule is C/C=C(/F)c1sc(N)c(C#N)c1/C(=C(\C)CC)c1c2c(c3cnc(N4CCCC4)nc3c1F)COC2.CC.CCCCC(CCC)OC. The Morgan fingerprint density at radius 2 is 1.83 bits per heavy atom. The molecule has 1 saturated heterocycles. The second-order valence-corrected chi connectivity index (χ2v) is 12.9. The van der Waals surface area contributed by atoms with E-state index in [-0.39, 0.29) is 27.6 Å². The molecule has 2 aromatic heterocycles. The number of anilines is 2. The quantitative estimate of drug-likeness (QED) is 0.215. The number of ether oxygens (including phenoxy) is 2. The van der Waals surface area contributed by atoms with Gasteiger partial charge in [0.15, 0.2) is 5.82 Å². The summed E-state index contributed by atoms with van der Waals surface area (Å²) in [5, 5.41) is 10.8. The van der Waals surface area contributed by atoms with E-state index in [9.17, 15) is 5.26 Å². The summed E-state index contributed by atoms with van der Waals surface area (Å²) < 4.78 is 42.8. The van der Waals surface area contributed by atoms with Crippen LogP contribution in [0.4, 0.5) is 19.7 Å². The standard InChI is InChI=1S/C27H27F2N5OS.C9H20O.C2H6/c1-4-14(3)20(22-15(10-30)26(31)36-25(22)19(28)5-2)21-18-13-35-12-17(18)16-11-32-27(33-24(16)23(21)29)34-8-6-7-9-34;1-4-6-8-9(10-3)7-5-2;1-2/h5,11H,4,6-9,12-13,31H2,1-3H3;9H,4-8H2,1-3H3;1-2H3/b19-5+,20-14+;;. The van der Waals surface area contributed by atoms with E-state index in [0.717, 1.165) is 48.4 Å². The molecule has 10 heteroatoms. The van der Waals surface area contributed by atoms with Crippen molar-refractivity contribution in [3.05, 3.63) is 56.4 Å². The van der Waals surface area contributed by atoms with Crippen molar-refractivity contribution in [2.75, 3.05) is 30.8 Å². The highest BCUT2D eigenvalue weighted by Gasteiger charge is 2.32. The average Bonchev–Trinajstić information content (AvgIpc) is 3.90. The molecule has 262 valence electrons. The third kappa shape index (κ3) is 8.42. The highest BCUT2D eigenvalue weighted by Crippen LogP contribution is 2.47. The van der Waals surface area contributed by atoms with Crippen LogP contribution in [0.15, 0.2) is 17.8 Å². The van der Waals surface area contributed by atoms with Crippen molar-refractivity contribution in [3.8, 4) is 6.07 Å². The molecule has 1 aromatic carbocycles. The summed E-state index contributed by atoms with van der Waals surface area (Å²) in [6.45, 7) is 16.0. The van der Waals surface area contributed by atoms with Gasteiger partial charge in [-0.1, -0.05) is 65.5 Å². The molecule has 2 aliphatic rings. The minimum absolute atomic E-state index is 0.155. The van der Waals surface area contributed by atoms with Crippen molar-refractivity contribution < 1.29 is 18.3 Å². The summed E-state index contributed by atoms with van der Waals surface area (Å²) >= 11 is 1.00. The Labute approximate surface area is 289 Å². The zero-order valence-corrected chi connectivity index (χ0v) is 30.9. The maximum absolute atomic E-state index is 16.7. The van der Waals surface area contributed by atoms with Gasteiger partial charge in [0, 0.05) is 42.9 Å².